The van der Waals surface area contributed by atoms with Crippen LogP contribution < -0.4 is 0 Å². The van der Waals surface area contributed by atoms with Gasteiger partial charge < -0.3 is 9.47 Å². The van der Waals surface area contributed by atoms with Gasteiger partial charge in [-0.1, -0.05) is 0 Å². The van der Waals surface area contributed by atoms with Crippen LogP contribution in [0.1, 0.15) is 32.1 Å². The largest absolute Gasteiger partial charge is 0.370 e. The summed E-state index contributed by atoms with van der Waals surface area (Å²) in [4.78, 5) is 0. The van der Waals surface area contributed by atoms with Crippen molar-refractivity contribution in [3.05, 3.63) is 0 Å². The minimum absolute atomic E-state index is 0.667. The quantitative estimate of drug-likeness (QED) is 0.566. The van der Waals surface area contributed by atoms with E-state index in [1.807, 2.05) is 0 Å². The summed E-state index contributed by atoms with van der Waals surface area (Å²) in [6.45, 7) is 0. The van der Waals surface area contributed by atoms with Crippen LogP contribution in [0.2, 0.25) is 0 Å². The Morgan fingerprint density at radius 2 is 1.33 bits per heavy atom. The van der Waals surface area contributed by atoms with Crippen molar-refractivity contribution in [3.8, 4) is 0 Å². The fourth-order valence-corrected chi connectivity index (χ4v) is 4.95. The third-order valence-corrected chi connectivity index (χ3v) is 5.79. The first-order valence-electron chi connectivity index (χ1n) is 6.69. The lowest BCUT2D eigenvalue weighted by Crippen LogP contribution is -2.36. The van der Waals surface area contributed by atoms with E-state index in [1.54, 1.807) is 0 Å². The molecule has 5 fully saturated rings. The average molecular weight is 206 g/mol. The molecule has 5 aliphatic rings. The van der Waals surface area contributed by atoms with E-state index in [0.717, 1.165) is 23.7 Å². The molecule has 8 atom stereocenters. The maximum atomic E-state index is 5.71. The summed E-state index contributed by atoms with van der Waals surface area (Å²) in [5.74, 6) is 3.95. The highest BCUT2D eigenvalue weighted by Crippen LogP contribution is 2.59. The van der Waals surface area contributed by atoms with Gasteiger partial charge in [0.05, 0.1) is 24.4 Å². The zero-order valence-corrected chi connectivity index (χ0v) is 8.97. The first-order valence-corrected chi connectivity index (χ1v) is 6.69. The van der Waals surface area contributed by atoms with E-state index in [9.17, 15) is 0 Å². The Labute approximate surface area is 90.3 Å². The number of ether oxygens (including phenoxy) is 2. The van der Waals surface area contributed by atoms with Crippen molar-refractivity contribution < 1.29 is 9.47 Å². The summed E-state index contributed by atoms with van der Waals surface area (Å²) < 4.78 is 11.4. The molecule has 2 aliphatic heterocycles. The van der Waals surface area contributed by atoms with Crippen molar-refractivity contribution in [2.24, 2.45) is 23.7 Å². The minimum atomic E-state index is 0.667. The smallest absolute Gasteiger partial charge is 0.0872 e. The molecule has 2 heteroatoms. The average Bonchev–Trinajstić information content (AvgIpc) is 3.10. The molecule has 2 nitrogen and oxygen atoms in total. The molecule has 8 unspecified atom stereocenters. The van der Waals surface area contributed by atoms with Gasteiger partial charge in [0, 0.05) is 0 Å². The van der Waals surface area contributed by atoms with Crippen LogP contribution >= 0.6 is 0 Å². The molecule has 0 aromatic carbocycles. The predicted octanol–water partition coefficient (Wildman–Crippen LogP) is 1.98. The van der Waals surface area contributed by atoms with Crippen molar-refractivity contribution in [2.75, 3.05) is 0 Å². The molecule has 0 radical (unpaired) electrons. The zero-order chi connectivity index (χ0) is 9.57. The lowest BCUT2D eigenvalue weighted by Gasteiger charge is -2.41. The first kappa shape index (κ1) is 8.08. The SMILES string of the molecule is C1C2CC3OC3CC2CC2C1CC1OC12. The molecule has 3 aliphatic carbocycles. The molecule has 2 heterocycles. The molecule has 3 saturated carbocycles. The number of epoxide rings is 2. The van der Waals surface area contributed by atoms with Crippen molar-refractivity contribution in [1.29, 1.82) is 0 Å². The van der Waals surface area contributed by atoms with Crippen molar-refractivity contribution in [3.63, 3.8) is 0 Å². The Kier molecular flexibility index (Phi) is 1.31. The zero-order valence-electron chi connectivity index (χ0n) is 8.97. The van der Waals surface area contributed by atoms with Crippen LogP contribution in [0.15, 0.2) is 0 Å². The Bertz CT molecular complexity index is 316. The van der Waals surface area contributed by atoms with Gasteiger partial charge in [-0.15, -0.1) is 0 Å². The van der Waals surface area contributed by atoms with E-state index in [4.69, 9.17) is 9.47 Å². The summed E-state index contributed by atoms with van der Waals surface area (Å²) >= 11 is 0. The normalized spacial score (nSPS) is 68.8. The topological polar surface area (TPSA) is 25.1 Å². The van der Waals surface area contributed by atoms with Crippen LogP contribution in [-0.2, 0) is 9.47 Å². The van der Waals surface area contributed by atoms with Crippen molar-refractivity contribution >= 4 is 0 Å². The molecule has 0 aromatic heterocycles. The Morgan fingerprint density at radius 3 is 2.20 bits per heavy atom. The van der Waals surface area contributed by atoms with Gasteiger partial charge in [-0.2, -0.15) is 0 Å². The molecule has 5 rings (SSSR count). The maximum Gasteiger partial charge on any atom is 0.0872 e. The van der Waals surface area contributed by atoms with Gasteiger partial charge in [0.1, 0.15) is 0 Å². The van der Waals surface area contributed by atoms with Crippen LogP contribution in [-0.4, -0.2) is 24.4 Å². The highest BCUT2D eigenvalue weighted by molar-refractivity contribution is 5.08. The fraction of sp³-hybridized carbons (Fsp3) is 1.00. The van der Waals surface area contributed by atoms with Crippen LogP contribution in [0.5, 0.6) is 0 Å². The summed E-state index contributed by atoms with van der Waals surface area (Å²) in [5.41, 5.74) is 0. The third kappa shape index (κ3) is 1.03. The van der Waals surface area contributed by atoms with E-state index >= 15 is 0 Å². The molecule has 0 aromatic rings. The summed E-state index contributed by atoms with van der Waals surface area (Å²) in [7, 11) is 0. The fourth-order valence-electron chi connectivity index (χ4n) is 4.95. The molecule has 0 amide bonds. The van der Waals surface area contributed by atoms with Crippen LogP contribution in [0.3, 0.4) is 0 Å². The molecule has 82 valence electrons. The minimum Gasteiger partial charge on any atom is -0.370 e. The highest BCUT2D eigenvalue weighted by Gasteiger charge is 2.60. The van der Waals surface area contributed by atoms with E-state index in [2.05, 4.69) is 0 Å². The lowest BCUT2D eigenvalue weighted by atomic mass is 9.64. The Morgan fingerprint density at radius 1 is 0.600 bits per heavy atom. The highest BCUT2D eigenvalue weighted by atomic mass is 16.6. The number of fused-ring (bicyclic) bond motifs is 5. The predicted molar refractivity (Wildman–Crippen MR) is 54.4 cm³/mol. The van der Waals surface area contributed by atoms with E-state index in [0.29, 0.717) is 24.4 Å². The molecule has 0 N–H and O–H groups in total. The summed E-state index contributed by atoms with van der Waals surface area (Å²) in [6.07, 6.45) is 9.81. The van der Waals surface area contributed by atoms with Gasteiger partial charge in [-0.05, 0) is 55.8 Å². The second kappa shape index (κ2) is 2.43. The third-order valence-electron chi connectivity index (χ3n) is 5.79. The number of rotatable bonds is 0. The lowest BCUT2D eigenvalue weighted by molar-refractivity contribution is 0.0628. The number of hydrogen-bond donors (Lipinski definition) is 0. The van der Waals surface area contributed by atoms with Crippen molar-refractivity contribution in [1.82, 2.24) is 0 Å². The van der Waals surface area contributed by atoms with Gasteiger partial charge in [0.25, 0.3) is 0 Å². The Hall–Kier alpha value is -0.0800. The van der Waals surface area contributed by atoms with Crippen LogP contribution in [0.25, 0.3) is 0 Å². The van der Waals surface area contributed by atoms with E-state index in [-0.39, 0.29) is 0 Å². The van der Waals surface area contributed by atoms with Gasteiger partial charge >= 0.3 is 0 Å². The second-order valence-corrected chi connectivity index (χ2v) is 6.47. The van der Waals surface area contributed by atoms with Gasteiger partial charge in [0.15, 0.2) is 0 Å². The number of hydrogen-bond acceptors (Lipinski definition) is 2. The summed E-state index contributed by atoms with van der Waals surface area (Å²) in [6, 6.07) is 0. The monoisotopic (exact) mass is 206 g/mol. The Balaban J connectivity index is 1.42. The van der Waals surface area contributed by atoms with E-state index in [1.165, 1.54) is 32.1 Å². The second-order valence-electron chi connectivity index (χ2n) is 6.47. The first-order chi connectivity index (χ1) is 7.38. The standard InChI is InChI=1S/C13H18O2/c1-6-3-10-11(14-10)4-7(6)2-9-8(1)5-12-13(9)15-12/h6-13H,1-5H2. The van der Waals surface area contributed by atoms with Crippen molar-refractivity contribution in [2.45, 2.75) is 56.5 Å². The van der Waals surface area contributed by atoms with E-state index < -0.39 is 0 Å². The molecule has 15 heavy (non-hydrogen) atoms. The molecular formula is C13H18O2. The van der Waals surface area contributed by atoms with Gasteiger partial charge in [-0.25, -0.2) is 0 Å². The molecule has 0 spiro atoms. The molecule has 0 bridgehead atoms. The molecule has 2 saturated heterocycles. The van der Waals surface area contributed by atoms with Gasteiger partial charge in [-0.3, -0.25) is 0 Å². The van der Waals surface area contributed by atoms with Crippen LogP contribution in [0, 0.1) is 23.7 Å². The molecular weight excluding hydrogens is 188 g/mol. The maximum absolute atomic E-state index is 5.71. The van der Waals surface area contributed by atoms with Gasteiger partial charge in [0.2, 0.25) is 0 Å². The summed E-state index contributed by atoms with van der Waals surface area (Å²) in [5, 5.41) is 0. The van der Waals surface area contributed by atoms with Crippen LogP contribution in [0.4, 0.5) is 0 Å².